The van der Waals surface area contributed by atoms with Crippen molar-refractivity contribution >= 4 is 0 Å². The van der Waals surface area contributed by atoms with E-state index < -0.39 is 5.72 Å². The van der Waals surface area contributed by atoms with Crippen LogP contribution in [0.3, 0.4) is 0 Å². The first-order valence-electron chi connectivity index (χ1n) is 9.81. The minimum Gasteiger partial charge on any atom is -0.379 e. The molecule has 0 aliphatic rings. The van der Waals surface area contributed by atoms with Gasteiger partial charge < -0.3 is 19.9 Å². The molecule has 2 N–H and O–H groups in total. The second kappa shape index (κ2) is 9.16. The molecule has 152 valence electrons. The average molecular weight is 360 g/mol. The zero-order valence-corrected chi connectivity index (χ0v) is 18.8. The van der Waals surface area contributed by atoms with E-state index >= 15 is 0 Å². The summed E-state index contributed by atoms with van der Waals surface area (Å²) in [5, 5.41) is 0. The number of methoxy groups -OCH3 is 1. The fraction of sp³-hybridized carbons (Fsp3) is 1.00. The van der Waals surface area contributed by atoms with Gasteiger partial charge in [-0.15, -0.1) is 0 Å². The smallest absolute Gasteiger partial charge is 0.119 e. The highest BCUT2D eigenvalue weighted by atomic mass is 16.5. The van der Waals surface area contributed by atoms with Crippen LogP contribution in [0.5, 0.6) is 0 Å². The van der Waals surface area contributed by atoms with Gasteiger partial charge in [-0.25, -0.2) is 0 Å². The van der Waals surface area contributed by atoms with Crippen molar-refractivity contribution in [3.05, 3.63) is 0 Å². The van der Waals surface area contributed by atoms with E-state index in [-0.39, 0.29) is 28.8 Å². The molecule has 0 saturated heterocycles. The van der Waals surface area contributed by atoms with Gasteiger partial charge in [0.15, 0.2) is 0 Å². The third kappa shape index (κ3) is 8.38. The summed E-state index contributed by atoms with van der Waals surface area (Å²) in [6, 6.07) is 0. The highest BCUT2D eigenvalue weighted by Crippen LogP contribution is 2.38. The summed E-state index contributed by atoms with van der Waals surface area (Å²) in [5.41, 5.74) is 5.34. The Morgan fingerprint density at radius 2 is 1.36 bits per heavy atom. The van der Waals surface area contributed by atoms with E-state index in [0.717, 1.165) is 25.7 Å². The molecule has 4 heteroatoms. The molecule has 25 heavy (non-hydrogen) atoms. The van der Waals surface area contributed by atoms with Crippen molar-refractivity contribution in [2.24, 2.45) is 11.1 Å². The lowest BCUT2D eigenvalue weighted by Crippen LogP contribution is -2.55. The molecule has 0 aliphatic heterocycles. The van der Waals surface area contributed by atoms with E-state index in [1.165, 1.54) is 0 Å². The third-order valence-corrected chi connectivity index (χ3v) is 5.65. The Labute approximate surface area is 157 Å². The molecule has 0 bridgehead atoms. The molecule has 0 spiro atoms. The minimum absolute atomic E-state index is 0.0114. The van der Waals surface area contributed by atoms with Crippen LogP contribution in [0.25, 0.3) is 0 Å². The summed E-state index contributed by atoms with van der Waals surface area (Å²) < 4.78 is 18.1. The Balaban J connectivity index is 5.01. The molecule has 0 aromatic heterocycles. The van der Waals surface area contributed by atoms with Crippen LogP contribution in [-0.4, -0.2) is 36.2 Å². The van der Waals surface area contributed by atoms with Gasteiger partial charge in [-0.05, 0) is 60.8 Å². The molecule has 0 fully saturated rings. The lowest BCUT2D eigenvalue weighted by molar-refractivity contribution is -0.174. The summed E-state index contributed by atoms with van der Waals surface area (Å²) in [6.45, 7) is 21.2. The standard InChI is InChI=1S/C21H45NO3/c1-12-17(25-19(6,7)13-2)15-18(4,5)21(10,22)24-16(3)14-20(8,9)23-11/h16-17H,12-15,22H2,1-11H3. The Kier molecular flexibility index (Phi) is 9.10. The maximum absolute atomic E-state index is 6.64. The fourth-order valence-electron chi connectivity index (χ4n) is 2.97. The number of rotatable bonds is 12. The molecule has 0 aromatic rings. The van der Waals surface area contributed by atoms with Gasteiger partial charge in [0.1, 0.15) is 5.72 Å². The number of ether oxygens (including phenoxy) is 3. The van der Waals surface area contributed by atoms with Gasteiger partial charge >= 0.3 is 0 Å². The zero-order valence-electron chi connectivity index (χ0n) is 18.8. The first-order valence-corrected chi connectivity index (χ1v) is 9.81. The maximum atomic E-state index is 6.64. The van der Waals surface area contributed by atoms with Crippen LogP contribution >= 0.6 is 0 Å². The van der Waals surface area contributed by atoms with Crippen molar-refractivity contribution in [3.8, 4) is 0 Å². The van der Waals surface area contributed by atoms with E-state index in [1.54, 1.807) is 7.11 Å². The predicted octanol–water partition coefficient (Wildman–Crippen LogP) is 5.28. The second-order valence-electron chi connectivity index (χ2n) is 9.55. The molecule has 0 saturated carbocycles. The number of nitrogens with two attached hydrogens (primary N) is 1. The molecular weight excluding hydrogens is 314 g/mol. The monoisotopic (exact) mass is 359 g/mol. The van der Waals surface area contributed by atoms with Crippen molar-refractivity contribution in [3.63, 3.8) is 0 Å². The average Bonchev–Trinajstić information content (AvgIpc) is 2.44. The minimum atomic E-state index is -0.747. The van der Waals surface area contributed by atoms with Gasteiger partial charge in [0.2, 0.25) is 0 Å². The van der Waals surface area contributed by atoms with E-state index in [9.17, 15) is 0 Å². The van der Waals surface area contributed by atoms with Gasteiger partial charge in [-0.3, -0.25) is 0 Å². The summed E-state index contributed by atoms with van der Waals surface area (Å²) in [5.74, 6) is 0. The van der Waals surface area contributed by atoms with Gasteiger partial charge in [-0.1, -0.05) is 27.7 Å². The fourth-order valence-corrected chi connectivity index (χ4v) is 2.97. The highest BCUT2D eigenvalue weighted by molar-refractivity contribution is 4.90. The van der Waals surface area contributed by atoms with Crippen LogP contribution in [0.15, 0.2) is 0 Å². The summed E-state index contributed by atoms with van der Waals surface area (Å²) in [7, 11) is 1.73. The van der Waals surface area contributed by atoms with Crippen LogP contribution in [0.4, 0.5) is 0 Å². The molecule has 4 nitrogen and oxygen atoms in total. The predicted molar refractivity (Wildman–Crippen MR) is 107 cm³/mol. The quantitative estimate of drug-likeness (QED) is 0.482. The Morgan fingerprint density at radius 1 is 0.840 bits per heavy atom. The summed E-state index contributed by atoms with van der Waals surface area (Å²) in [6.07, 6.45) is 3.79. The lowest BCUT2D eigenvalue weighted by Gasteiger charge is -2.45. The van der Waals surface area contributed by atoms with E-state index in [2.05, 4.69) is 62.3 Å². The molecule has 0 heterocycles. The van der Waals surface area contributed by atoms with Gasteiger partial charge in [-0.2, -0.15) is 0 Å². The SMILES string of the molecule is CCC(CC(C)(C)C(C)(N)OC(C)CC(C)(C)OC)OC(C)(C)CC. The van der Waals surface area contributed by atoms with Crippen LogP contribution in [0.1, 0.15) is 94.9 Å². The lowest BCUT2D eigenvalue weighted by atomic mass is 9.76. The Hall–Kier alpha value is -0.160. The first-order chi connectivity index (χ1) is 11.1. The Bertz CT molecular complexity index is 389. The molecule has 0 amide bonds. The van der Waals surface area contributed by atoms with Crippen LogP contribution in [0.2, 0.25) is 0 Å². The molecule has 0 radical (unpaired) electrons. The number of hydrogen-bond acceptors (Lipinski definition) is 4. The molecule has 3 unspecified atom stereocenters. The largest absolute Gasteiger partial charge is 0.379 e. The summed E-state index contributed by atoms with van der Waals surface area (Å²) >= 11 is 0. The van der Waals surface area contributed by atoms with E-state index in [1.807, 2.05) is 6.92 Å². The van der Waals surface area contributed by atoms with Crippen molar-refractivity contribution < 1.29 is 14.2 Å². The van der Waals surface area contributed by atoms with Crippen molar-refractivity contribution in [1.29, 1.82) is 0 Å². The molecule has 0 rings (SSSR count). The highest BCUT2D eigenvalue weighted by Gasteiger charge is 2.42. The van der Waals surface area contributed by atoms with Crippen LogP contribution < -0.4 is 5.73 Å². The van der Waals surface area contributed by atoms with E-state index in [0.29, 0.717) is 0 Å². The molecular formula is C21H45NO3. The molecule has 0 aromatic carbocycles. The van der Waals surface area contributed by atoms with Crippen molar-refractivity contribution in [2.45, 2.75) is 124 Å². The van der Waals surface area contributed by atoms with Gasteiger partial charge in [0, 0.05) is 18.9 Å². The van der Waals surface area contributed by atoms with Gasteiger partial charge in [0.05, 0.1) is 23.4 Å². The van der Waals surface area contributed by atoms with Crippen LogP contribution in [0, 0.1) is 5.41 Å². The van der Waals surface area contributed by atoms with Crippen LogP contribution in [-0.2, 0) is 14.2 Å². The van der Waals surface area contributed by atoms with Gasteiger partial charge in [0.25, 0.3) is 0 Å². The second-order valence-corrected chi connectivity index (χ2v) is 9.55. The maximum Gasteiger partial charge on any atom is 0.119 e. The summed E-state index contributed by atoms with van der Waals surface area (Å²) in [4.78, 5) is 0. The van der Waals surface area contributed by atoms with E-state index in [4.69, 9.17) is 19.9 Å². The number of hydrogen-bond donors (Lipinski definition) is 1. The van der Waals surface area contributed by atoms with Crippen molar-refractivity contribution in [1.82, 2.24) is 0 Å². The van der Waals surface area contributed by atoms with Crippen molar-refractivity contribution in [2.75, 3.05) is 7.11 Å². The first kappa shape index (κ1) is 24.8. The molecule has 0 aliphatic carbocycles. The third-order valence-electron chi connectivity index (χ3n) is 5.65. The molecule has 3 atom stereocenters. The Morgan fingerprint density at radius 3 is 1.76 bits per heavy atom. The zero-order chi connectivity index (χ0) is 20.1. The normalized spacial score (nSPS) is 18.7. The topological polar surface area (TPSA) is 53.7 Å².